The average molecular weight is 664 g/mol. The molecule has 9 nitrogen and oxygen atoms in total. The molecule has 1 spiro atoms. The van der Waals surface area contributed by atoms with Crippen LogP contribution >= 0.6 is 11.6 Å². The van der Waals surface area contributed by atoms with E-state index in [4.69, 9.17) is 21.1 Å². The zero-order valence-electron chi connectivity index (χ0n) is 27.7. The third-order valence-corrected chi connectivity index (χ3v) is 10.4. The minimum Gasteiger partial charge on any atom is -0.494 e. The van der Waals surface area contributed by atoms with Crippen LogP contribution < -0.4 is 14.5 Å². The molecule has 5 rings (SSSR count). The number of anilines is 2. The minimum absolute atomic E-state index is 0.175. The molecule has 3 aliphatic rings. The summed E-state index contributed by atoms with van der Waals surface area (Å²) >= 11 is 6.18. The predicted molar refractivity (Wildman–Crippen MR) is 184 cm³/mol. The van der Waals surface area contributed by atoms with E-state index < -0.39 is 35.1 Å². The van der Waals surface area contributed by atoms with Gasteiger partial charge in [0.25, 0.3) is 5.91 Å². The maximum Gasteiger partial charge on any atom is 0.253 e. The lowest BCUT2D eigenvalue weighted by Crippen LogP contribution is -2.60. The summed E-state index contributed by atoms with van der Waals surface area (Å²) in [4.78, 5) is 49.4. The van der Waals surface area contributed by atoms with Gasteiger partial charge in [0.15, 0.2) is 0 Å². The van der Waals surface area contributed by atoms with Crippen LogP contribution in [-0.4, -0.2) is 77.3 Å². The molecule has 2 bridgehead atoms. The van der Waals surface area contributed by atoms with E-state index in [0.717, 1.165) is 0 Å². The molecule has 3 aliphatic heterocycles. The number of rotatable bonds is 14. The number of ether oxygens (including phenoxy) is 2. The fraction of sp³-hybridized carbons (Fsp3) is 0.486. The van der Waals surface area contributed by atoms with E-state index in [9.17, 15) is 19.5 Å². The molecule has 2 aromatic carbocycles. The zero-order valence-corrected chi connectivity index (χ0v) is 28.5. The first kappa shape index (κ1) is 34.7. The number of fused-ring (bicyclic) bond motifs is 1. The second-order valence-electron chi connectivity index (χ2n) is 13.0. The Morgan fingerprint density at radius 3 is 2.11 bits per heavy atom. The summed E-state index contributed by atoms with van der Waals surface area (Å²) in [5, 5.41) is 11.2. The molecule has 3 amide bonds. The van der Waals surface area contributed by atoms with Crippen molar-refractivity contribution in [2.75, 3.05) is 36.1 Å². The standard InChI is InChI=1S/C37H46ClN3O6/c1-7-21-39(27-15-17-28(18-16-27)46-10-4)33(43)30-31-34(44)41(29(23-42)24(5)6)32(37(31)20-19-36(30,9-3)47-37)35(45)40(22-8-2)26-13-11-25(38)12-14-26/h7-8,11-18,24,29-32,42H,1-2,9-10,19-23H2,3-6H3/t29-,30+,31-,32?,36-,37?/m0/s1. The number of hydrogen-bond donors (Lipinski definition) is 1. The Morgan fingerprint density at radius 1 is 1.02 bits per heavy atom. The molecule has 47 heavy (non-hydrogen) atoms. The Morgan fingerprint density at radius 2 is 1.60 bits per heavy atom. The summed E-state index contributed by atoms with van der Waals surface area (Å²) in [6.07, 6.45) is 4.72. The van der Waals surface area contributed by atoms with Crippen LogP contribution in [0.5, 0.6) is 5.75 Å². The van der Waals surface area contributed by atoms with E-state index in [2.05, 4.69) is 13.2 Å². The van der Waals surface area contributed by atoms with Crippen molar-refractivity contribution in [1.82, 2.24) is 4.90 Å². The molecule has 2 unspecified atom stereocenters. The van der Waals surface area contributed by atoms with Crippen LogP contribution in [0.25, 0.3) is 0 Å². The molecule has 6 atom stereocenters. The van der Waals surface area contributed by atoms with Gasteiger partial charge >= 0.3 is 0 Å². The first-order valence-electron chi connectivity index (χ1n) is 16.5. The predicted octanol–water partition coefficient (Wildman–Crippen LogP) is 5.65. The summed E-state index contributed by atoms with van der Waals surface area (Å²) < 4.78 is 12.6. The Kier molecular flexibility index (Phi) is 10.2. The normalized spacial score (nSPS) is 26.7. The van der Waals surface area contributed by atoms with Crippen molar-refractivity contribution in [3.05, 3.63) is 78.9 Å². The average Bonchev–Trinajstić information content (AvgIpc) is 3.67. The topological polar surface area (TPSA) is 99.6 Å². The van der Waals surface area contributed by atoms with Gasteiger partial charge in [0.1, 0.15) is 17.4 Å². The quantitative estimate of drug-likeness (QED) is 0.263. The van der Waals surface area contributed by atoms with Gasteiger partial charge in [-0.2, -0.15) is 0 Å². The van der Waals surface area contributed by atoms with Crippen LogP contribution in [0.4, 0.5) is 11.4 Å². The van der Waals surface area contributed by atoms with Crippen LogP contribution in [0, 0.1) is 17.8 Å². The summed E-state index contributed by atoms with van der Waals surface area (Å²) in [7, 11) is 0. The third kappa shape index (κ3) is 5.76. The van der Waals surface area contributed by atoms with Crippen LogP contribution in [-0.2, 0) is 19.1 Å². The number of hydrogen-bond acceptors (Lipinski definition) is 6. The number of nitrogens with zero attached hydrogens (tertiary/aromatic N) is 3. The smallest absolute Gasteiger partial charge is 0.253 e. The highest BCUT2D eigenvalue weighted by Crippen LogP contribution is 2.65. The van der Waals surface area contributed by atoms with Gasteiger partial charge in [0.05, 0.1) is 36.7 Å². The summed E-state index contributed by atoms with van der Waals surface area (Å²) in [6, 6.07) is 12.5. The van der Waals surface area contributed by atoms with Crippen molar-refractivity contribution in [3.63, 3.8) is 0 Å². The van der Waals surface area contributed by atoms with Crippen LogP contribution in [0.15, 0.2) is 73.8 Å². The second-order valence-corrected chi connectivity index (χ2v) is 13.4. The highest BCUT2D eigenvalue weighted by Gasteiger charge is 2.79. The van der Waals surface area contributed by atoms with Gasteiger partial charge in [-0.1, -0.05) is 44.5 Å². The lowest BCUT2D eigenvalue weighted by Gasteiger charge is -2.40. The van der Waals surface area contributed by atoms with Crippen molar-refractivity contribution in [3.8, 4) is 5.75 Å². The van der Waals surface area contributed by atoms with Gasteiger partial charge in [0, 0.05) is 29.5 Å². The molecular weight excluding hydrogens is 618 g/mol. The highest BCUT2D eigenvalue weighted by atomic mass is 35.5. The Bertz CT molecular complexity index is 1500. The second kappa shape index (κ2) is 13.8. The van der Waals surface area contributed by atoms with Crippen LogP contribution in [0.3, 0.4) is 0 Å². The van der Waals surface area contributed by atoms with Gasteiger partial charge in [-0.05, 0) is 80.6 Å². The Labute approximate surface area is 282 Å². The minimum atomic E-state index is -1.27. The van der Waals surface area contributed by atoms with Gasteiger partial charge in [-0.25, -0.2) is 0 Å². The van der Waals surface area contributed by atoms with Crippen molar-refractivity contribution in [2.24, 2.45) is 17.8 Å². The largest absolute Gasteiger partial charge is 0.494 e. The molecule has 10 heteroatoms. The maximum absolute atomic E-state index is 14.9. The molecule has 0 saturated carbocycles. The number of likely N-dealkylation sites (tertiary alicyclic amines) is 1. The number of halogens is 1. The molecule has 0 radical (unpaired) electrons. The molecule has 2 aromatic rings. The van der Waals surface area contributed by atoms with E-state index in [0.29, 0.717) is 48.0 Å². The first-order chi connectivity index (χ1) is 22.5. The van der Waals surface area contributed by atoms with Crippen molar-refractivity contribution < 1.29 is 29.0 Å². The van der Waals surface area contributed by atoms with Gasteiger partial charge in [-0.3, -0.25) is 14.4 Å². The third-order valence-electron chi connectivity index (χ3n) is 10.2. The fourth-order valence-corrected chi connectivity index (χ4v) is 8.14. The van der Waals surface area contributed by atoms with E-state index in [-0.39, 0.29) is 43.3 Å². The van der Waals surface area contributed by atoms with Gasteiger partial charge in [0.2, 0.25) is 11.8 Å². The first-order valence-corrected chi connectivity index (χ1v) is 16.9. The molecular formula is C37H46ClN3O6. The van der Waals surface area contributed by atoms with Gasteiger partial charge < -0.3 is 29.3 Å². The lowest BCUT2D eigenvalue weighted by molar-refractivity contribution is -0.150. The number of carbonyl (C=O) groups excluding carboxylic acids is 3. The number of aliphatic hydroxyl groups is 1. The van der Waals surface area contributed by atoms with Gasteiger partial charge in [-0.15, -0.1) is 13.2 Å². The molecule has 252 valence electrons. The van der Waals surface area contributed by atoms with E-state index in [1.165, 1.54) is 4.90 Å². The molecule has 0 aliphatic carbocycles. The number of carbonyl (C=O) groups is 3. The van der Waals surface area contributed by atoms with E-state index >= 15 is 0 Å². The number of amides is 3. The van der Waals surface area contributed by atoms with Crippen LogP contribution in [0.1, 0.15) is 47.0 Å². The fourth-order valence-electron chi connectivity index (χ4n) is 8.02. The van der Waals surface area contributed by atoms with Crippen molar-refractivity contribution in [2.45, 2.75) is 70.2 Å². The Balaban J connectivity index is 1.63. The molecule has 3 fully saturated rings. The number of benzene rings is 2. The monoisotopic (exact) mass is 663 g/mol. The highest BCUT2D eigenvalue weighted by molar-refractivity contribution is 6.30. The zero-order chi connectivity index (χ0) is 34.1. The molecule has 3 saturated heterocycles. The summed E-state index contributed by atoms with van der Waals surface area (Å²) in [5.41, 5.74) is -0.971. The number of aliphatic hydroxyl groups excluding tert-OH is 1. The van der Waals surface area contributed by atoms with E-state index in [1.54, 1.807) is 46.2 Å². The SMILES string of the molecule is C=CCN(C(=O)C1N([C@@H](CO)C(C)C)C(=O)[C@@H]2[C@H](C(=O)N(CC=C)c3ccc(OCC)cc3)[C@]3(CC)CCC12O3)c1ccc(Cl)cc1. The Hall–Kier alpha value is -3.66. The molecule has 1 N–H and O–H groups in total. The van der Waals surface area contributed by atoms with Crippen molar-refractivity contribution in [1.29, 1.82) is 0 Å². The van der Waals surface area contributed by atoms with E-state index in [1.807, 2.05) is 52.0 Å². The molecule has 0 aromatic heterocycles. The molecule has 3 heterocycles. The summed E-state index contributed by atoms with van der Waals surface area (Å²) in [5.74, 6) is -2.21. The maximum atomic E-state index is 14.9. The van der Waals surface area contributed by atoms with Crippen molar-refractivity contribution >= 4 is 40.7 Å². The summed E-state index contributed by atoms with van der Waals surface area (Å²) in [6.45, 7) is 16.1. The lowest BCUT2D eigenvalue weighted by atomic mass is 9.64. The van der Waals surface area contributed by atoms with Crippen LogP contribution in [0.2, 0.25) is 5.02 Å².